The molecule has 0 heterocycles. The van der Waals surface area contributed by atoms with E-state index in [0.29, 0.717) is 0 Å². The molecule has 1 saturated carbocycles. The fraction of sp³-hybridized carbons (Fsp3) is 0.733. The van der Waals surface area contributed by atoms with Crippen molar-refractivity contribution in [1.29, 1.82) is 0 Å². The second kappa shape index (κ2) is 9.43. The Morgan fingerprint density at radius 2 is 2.12 bits per heavy atom. The molecule has 0 aromatic carbocycles. The van der Waals surface area contributed by atoms with Crippen LogP contribution in [-0.2, 0) is 4.74 Å². The molecule has 2 unspecified atom stereocenters. The van der Waals surface area contributed by atoms with Gasteiger partial charge in [-0.25, -0.2) is 0 Å². The van der Waals surface area contributed by atoms with Crippen LogP contribution < -0.4 is 5.73 Å². The Labute approximate surface area is 106 Å². The molecule has 0 bridgehead atoms. The number of allylic oxidation sites excluding steroid dienone is 3. The molecule has 1 rings (SSSR count). The molecule has 2 heteroatoms. The monoisotopic (exact) mass is 237 g/mol. The van der Waals surface area contributed by atoms with Crippen molar-refractivity contribution in [2.45, 2.75) is 38.5 Å². The number of hydrogen-bond acceptors (Lipinski definition) is 2. The highest BCUT2D eigenvalue weighted by atomic mass is 16.5. The minimum Gasteiger partial charge on any atom is -0.381 e. The largest absolute Gasteiger partial charge is 0.381 e. The third-order valence-electron chi connectivity index (χ3n) is 3.54. The van der Waals surface area contributed by atoms with Crippen LogP contribution in [0.3, 0.4) is 0 Å². The molecular weight excluding hydrogens is 210 g/mol. The smallest absolute Gasteiger partial charge is 0.0643 e. The molecule has 2 N–H and O–H groups in total. The summed E-state index contributed by atoms with van der Waals surface area (Å²) >= 11 is 0. The summed E-state index contributed by atoms with van der Waals surface area (Å²) in [6.07, 6.45) is 16.7. The van der Waals surface area contributed by atoms with Gasteiger partial charge < -0.3 is 10.5 Å². The van der Waals surface area contributed by atoms with Crippen LogP contribution in [0.15, 0.2) is 24.3 Å². The molecule has 0 saturated heterocycles. The predicted octanol–water partition coefficient (Wildman–Crippen LogP) is 3.29. The van der Waals surface area contributed by atoms with Crippen LogP contribution in [0, 0.1) is 11.8 Å². The van der Waals surface area contributed by atoms with E-state index in [1.807, 2.05) is 0 Å². The molecule has 2 atom stereocenters. The molecule has 1 fully saturated rings. The number of hydrogen-bond donors (Lipinski definition) is 1. The van der Waals surface area contributed by atoms with Crippen molar-refractivity contribution in [3.63, 3.8) is 0 Å². The first-order valence-corrected chi connectivity index (χ1v) is 6.89. The summed E-state index contributed by atoms with van der Waals surface area (Å²) in [7, 11) is 1.74. The van der Waals surface area contributed by atoms with Gasteiger partial charge in [0, 0.05) is 7.11 Å². The average molecular weight is 237 g/mol. The number of unbranched alkanes of at least 4 members (excludes halogenated alkanes) is 1. The lowest BCUT2D eigenvalue weighted by Gasteiger charge is -2.13. The van der Waals surface area contributed by atoms with E-state index in [2.05, 4.69) is 24.3 Å². The Balaban J connectivity index is 2.25. The van der Waals surface area contributed by atoms with E-state index in [1.54, 1.807) is 7.11 Å². The van der Waals surface area contributed by atoms with Crippen LogP contribution in [0.25, 0.3) is 0 Å². The summed E-state index contributed by atoms with van der Waals surface area (Å²) in [6.45, 7) is 1.54. The minimum atomic E-state index is 0.740. The Hall–Kier alpha value is -0.600. The van der Waals surface area contributed by atoms with Crippen LogP contribution in [0.4, 0.5) is 0 Å². The van der Waals surface area contributed by atoms with Crippen LogP contribution >= 0.6 is 0 Å². The SMILES string of the molecule is COC/C=C/CC1CCCC1/C=C/CCCN. The molecule has 2 nitrogen and oxygen atoms in total. The molecule has 17 heavy (non-hydrogen) atoms. The summed E-state index contributed by atoms with van der Waals surface area (Å²) in [6, 6.07) is 0. The molecule has 98 valence electrons. The van der Waals surface area contributed by atoms with Crippen molar-refractivity contribution in [3.05, 3.63) is 24.3 Å². The number of ether oxygens (including phenoxy) is 1. The van der Waals surface area contributed by atoms with Gasteiger partial charge in [0.25, 0.3) is 0 Å². The zero-order valence-electron chi connectivity index (χ0n) is 11.1. The lowest BCUT2D eigenvalue weighted by atomic mass is 9.92. The molecule has 0 radical (unpaired) electrons. The Morgan fingerprint density at radius 3 is 2.88 bits per heavy atom. The molecular formula is C15H27NO. The van der Waals surface area contributed by atoms with Gasteiger partial charge >= 0.3 is 0 Å². The van der Waals surface area contributed by atoms with Crippen LogP contribution in [0.5, 0.6) is 0 Å². The Bertz CT molecular complexity index is 235. The van der Waals surface area contributed by atoms with Crippen LogP contribution in [-0.4, -0.2) is 20.3 Å². The fourth-order valence-corrected chi connectivity index (χ4v) is 2.55. The van der Waals surface area contributed by atoms with Crippen LogP contribution in [0.2, 0.25) is 0 Å². The fourth-order valence-electron chi connectivity index (χ4n) is 2.55. The lowest BCUT2D eigenvalue weighted by Crippen LogP contribution is -2.04. The molecule has 0 aromatic rings. The van der Waals surface area contributed by atoms with Gasteiger partial charge in [0.2, 0.25) is 0 Å². The first kappa shape index (κ1) is 14.5. The third kappa shape index (κ3) is 6.04. The average Bonchev–Trinajstić information content (AvgIpc) is 2.78. The second-order valence-corrected chi connectivity index (χ2v) is 4.88. The summed E-state index contributed by atoms with van der Waals surface area (Å²) in [5.41, 5.74) is 5.49. The predicted molar refractivity (Wildman–Crippen MR) is 73.9 cm³/mol. The highest BCUT2D eigenvalue weighted by Gasteiger charge is 2.23. The van der Waals surface area contributed by atoms with E-state index in [-0.39, 0.29) is 0 Å². The molecule has 0 aliphatic heterocycles. The maximum atomic E-state index is 5.49. The lowest BCUT2D eigenvalue weighted by molar-refractivity contribution is 0.233. The zero-order valence-corrected chi connectivity index (χ0v) is 11.1. The van der Waals surface area contributed by atoms with Crippen molar-refractivity contribution in [2.75, 3.05) is 20.3 Å². The molecule has 0 spiro atoms. The molecule has 0 aromatic heterocycles. The maximum Gasteiger partial charge on any atom is 0.0643 e. The van der Waals surface area contributed by atoms with E-state index < -0.39 is 0 Å². The van der Waals surface area contributed by atoms with Crippen LogP contribution in [0.1, 0.15) is 38.5 Å². The van der Waals surface area contributed by atoms with Gasteiger partial charge in [-0.1, -0.05) is 30.7 Å². The minimum absolute atomic E-state index is 0.740. The first-order valence-electron chi connectivity index (χ1n) is 6.89. The summed E-state index contributed by atoms with van der Waals surface area (Å²) < 4.78 is 5.01. The molecule has 1 aliphatic rings. The maximum absolute atomic E-state index is 5.49. The second-order valence-electron chi connectivity index (χ2n) is 4.88. The zero-order chi connectivity index (χ0) is 12.3. The highest BCUT2D eigenvalue weighted by Crippen LogP contribution is 2.35. The van der Waals surface area contributed by atoms with Gasteiger partial charge in [0.05, 0.1) is 6.61 Å². The van der Waals surface area contributed by atoms with Gasteiger partial charge in [0.1, 0.15) is 0 Å². The number of nitrogens with two attached hydrogens (primary N) is 1. The number of rotatable bonds is 8. The van der Waals surface area contributed by atoms with E-state index in [9.17, 15) is 0 Å². The number of methoxy groups -OCH3 is 1. The van der Waals surface area contributed by atoms with E-state index in [0.717, 1.165) is 37.8 Å². The van der Waals surface area contributed by atoms with Crippen molar-refractivity contribution < 1.29 is 4.74 Å². The van der Waals surface area contributed by atoms with Gasteiger partial charge in [-0.2, -0.15) is 0 Å². The molecule has 0 amide bonds. The summed E-state index contributed by atoms with van der Waals surface area (Å²) in [4.78, 5) is 0. The van der Waals surface area contributed by atoms with Crippen molar-refractivity contribution in [3.8, 4) is 0 Å². The summed E-state index contributed by atoms with van der Waals surface area (Å²) in [5.74, 6) is 1.64. The van der Waals surface area contributed by atoms with Gasteiger partial charge in [-0.15, -0.1) is 0 Å². The van der Waals surface area contributed by atoms with E-state index in [1.165, 1.54) is 25.7 Å². The third-order valence-corrected chi connectivity index (χ3v) is 3.54. The highest BCUT2D eigenvalue weighted by molar-refractivity contribution is 4.97. The Kier molecular flexibility index (Phi) is 8.02. The van der Waals surface area contributed by atoms with Crippen molar-refractivity contribution in [1.82, 2.24) is 0 Å². The van der Waals surface area contributed by atoms with Gasteiger partial charge in [-0.3, -0.25) is 0 Å². The molecule has 1 aliphatic carbocycles. The van der Waals surface area contributed by atoms with Crippen molar-refractivity contribution >= 4 is 0 Å². The quantitative estimate of drug-likeness (QED) is 0.519. The normalized spacial score (nSPS) is 25.3. The van der Waals surface area contributed by atoms with E-state index >= 15 is 0 Å². The van der Waals surface area contributed by atoms with E-state index in [4.69, 9.17) is 10.5 Å². The topological polar surface area (TPSA) is 35.2 Å². The first-order chi connectivity index (χ1) is 8.38. The standard InChI is InChI=1S/C15H27NO/c1-17-13-6-4-9-15-11-7-10-14(15)8-3-2-5-12-16/h3-4,6,8,14-15H,2,5,7,9-13,16H2,1H3/b6-4+,8-3+. The van der Waals surface area contributed by atoms with Crippen molar-refractivity contribution in [2.24, 2.45) is 17.6 Å². The van der Waals surface area contributed by atoms with Gasteiger partial charge in [-0.05, 0) is 50.5 Å². The Morgan fingerprint density at radius 1 is 1.24 bits per heavy atom. The summed E-state index contributed by atoms with van der Waals surface area (Å²) in [5, 5.41) is 0. The van der Waals surface area contributed by atoms with Gasteiger partial charge in [0.15, 0.2) is 0 Å².